The Bertz CT molecular complexity index is 388. The Hall–Kier alpha value is -1.58. The molecule has 3 nitrogen and oxygen atoms in total. The number of halogens is 1. The van der Waals surface area contributed by atoms with Crippen molar-refractivity contribution in [3.8, 4) is 0 Å². The first-order valence-corrected chi connectivity index (χ1v) is 4.92. The molecular formula is C11H12FNO2. The first-order chi connectivity index (χ1) is 7.16. The largest absolute Gasteiger partial charge is 0.481 e. The van der Waals surface area contributed by atoms with E-state index in [4.69, 9.17) is 5.11 Å². The molecule has 1 aromatic carbocycles. The normalized spacial score (nSPS) is 15.0. The second-order valence-electron chi connectivity index (χ2n) is 3.76. The molecule has 0 atom stereocenters. The lowest BCUT2D eigenvalue weighted by molar-refractivity contribution is -0.136. The first-order valence-electron chi connectivity index (χ1n) is 4.92. The second kappa shape index (κ2) is 3.88. The summed E-state index contributed by atoms with van der Waals surface area (Å²) in [6.45, 7) is 0. The van der Waals surface area contributed by atoms with Gasteiger partial charge in [-0.15, -0.1) is 0 Å². The van der Waals surface area contributed by atoms with Crippen LogP contribution in [0.25, 0.3) is 0 Å². The number of aliphatic carboxylic acids is 1. The molecule has 0 spiro atoms. The van der Waals surface area contributed by atoms with E-state index in [9.17, 15) is 9.18 Å². The lowest BCUT2D eigenvalue weighted by Crippen LogP contribution is -2.09. The highest BCUT2D eigenvalue weighted by atomic mass is 19.1. The molecule has 15 heavy (non-hydrogen) atoms. The monoisotopic (exact) mass is 209 g/mol. The standard InChI is InChI=1S/C11H12FNO2/c12-9-2-1-3-10(13-7-4-5-7)8(9)6-11(14)15/h1-3,7,13H,4-6H2,(H,14,15). The highest BCUT2D eigenvalue weighted by Crippen LogP contribution is 2.28. The second-order valence-corrected chi connectivity index (χ2v) is 3.76. The molecule has 0 bridgehead atoms. The third-order valence-electron chi connectivity index (χ3n) is 2.38. The molecule has 0 heterocycles. The van der Waals surface area contributed by atoms with Crippen LogP contribution >= 0.6 is 0 Å². The Morgan fingerprint density at radius 2 is 2.27 bits per heavy atom. The van der Waals surface area contributed by atoms with E-state index in [0.29, 0.717) is 11.7 Å². The minimum Gasteiger partial charge on any atom is -0.481 e. The number of benzene rings is 1. The number of hydrogen-bond acceptors (Lipinski definition) is 2. The summed E-state index contributed by atoms with van der Waals surface area (Å²) in [6.07, 6.45) is 1.87. The van der Waals surface area contributed by atoms with Crippen LogP contribution in [0, 0.1) is 5.82 Å². The predicted octanol–water partition coefficient (Wildman–Crippen LogP) is 2.03. The van der Waals surface area contributed by atoms with Gasteiger partial charge in [-0.25, -0.2) is 4.39 Å². The predicted molar refractivity (Wildman–Crippen MR) is 54.4 cm³/mol. The van der Waals surface area contributed by atoms with Crippen molar-refractivity contribution < 1.29 is 14.3 Å². The summed E-state index contributed by atoms with van der Waals surface area (Å²) in [7, 11) is 0. The zero-order valence-electron chi connectivity index (χ0n) is 8.16. The Labute approximate surface area is 86.9 Å². The summed E-state index contributed by atoms with van der Waals surface area (Å²) in [5.41, 5.74) is 0.858. The van der Waals surface area contributed by atoms with Crippen LogP contribution in [0.1, 0.15) is 18.4 Å². The van der Waals surface area contributed by atoms with Crippen molar-refractivity contribution in [2.75, 3.05) is 5.32 Å². The third kappa shape index (κ3) is 2.46. The van der Waals surface area contributed by atoms with E-state index < -0.39 is 11.8 Å². The highest BCUT2D eigenvalue weighted by Gasteiger charge is 2.23. The van der Waals surface area contributed by atoms with Crippen molar-refractivity contribution >= 4 is 11.7 Å². The number of rotatable bonds is 4. The van der Waals surface area contributed by atoms with Crippen molar-refractivity contribution in [3.63, 3.8) is 0 Å². The first kappa shape index (κ1) is 9.96. The van der Waals surface area contributed by atoms with Gasteiger partial charge in [-0.3, -0.25) is 4.79 Å². The zero-order valence-corrected chi connectivity index (χ0v) is 8.16. The van der Waals surface area contributed by atoms with Gasteiger partial charge in [-0.1, -0.05) is 6.07 Å². The molecule has 0 saturated heterocycles. The quantitative estimate of drug-likeness (QED) is 0.797. The van der Waals surface area contributed by atoms with E-state index in [2.05, 4.69) is 5.32 Å². The number of carboxylic acid groups (broad SMARTS) is 1. The van der Waals surface area contributed by atoms with Gasteiger partial charge < -0.3 is 10.4 Å². The number of hydrogen-bond donors (Lipinski definition) is 2. The Morgan fingerprint density at radius 1 is 1.53 bits per heavy atom. The number of anilines is 1. The van der Waals surface area contributed by atoms with Crippen molar-refractivity contribution in [2.45, 2.75) is 25.3 Å². The molecule has 1 saturated carbocycles. The number of carbonyl (C=O) groups is 1. The van der Waals surface area contributed by atoms with E-state index in [1.807, 2.05) is 0 Å². The fraction of sp³-hybridized carbons (Fsp3) is 0.364. The highest BCUT2D eigenvalue weighted by molar-refractivity contribution is 5.73. The van der Waals surface area contributed by atoms with Crippen LogP contribution in [0.4, 0.5) is 10.1 Å². The van der Waals surface area contributed by atoms with Crippen LogP contribution in [-0.4, -0.2) is 17.1 Å². The van der Waals surface area contributed by atoms with Gasteiger partial charge in [0.05, 0.1) is 6.42 Å². The van der Waals surface area contributed by atoms with Crippen LogP contribution in [0.2, 0.25) is 0 Å². The van der Waals surface area contributed by atoms with Gasteiger partial charge in [0.15, 0.2) is 0 Å². The van der Waals surface area contributed by atoms with Crippen LogP contribution in [0.3, 0.4) is 0 Å². The minimum absolute atomic E-state index is 0.247. The molecule has 0 aliphatic heterocycles. The average molecular weight is 209 g/mol. The maximum absolute atomic E-state index is 13.4. The molecule has 1 aromatic rings. The van der Waals surface area contributed by atoms with Crippen molar-refractivity contribution in [2.24, 2.45) is 0 Å². The molecule has 80 valence electrons. The number of carboxylic acids is 1. The minimum atomic E-state index is -1.01. The number of nitrogens with one attached hydrogen (secondary N) is 1. The van der Waals surface area contributed by atoms with Gasteiger partial charge in [-0.2, -0.15) is 0 Å². The fourth-order valence-electron chi connectivity index (χ4n) is 1.47. The van der Waals surface area contributed by atoms with Crippen LogP contribution in [0.15, 0.2) is 18.2 Å². The topological polar surface area (TPSA) is 49.3 Å². The summed E-state index contributed by atoms with van der Waals surface area (Å²) in [6, 6.07) is 4.99. The molecular weight excluding hydrogens is 197 g/mol. The van der Waals surface area contributed by atoms with Gasteiger partial charge in [0, 0.05) is 17.3 Å². The molecule has 0 aromatic heterocycles. The van der Waals surface area contributed by atoms with Crippen molar-refractivity contribution in [1.29, 1.82) is 0 Å². The maximum Gasteiger partial charge on any atom is 0.308 e. The van der Waals surface area contributed by atoms with E-state index in [-0.39, 0.29) is 12.0 Å². The van der Waals surface area contributed by atoms with Gasteiger partial charge in [0.1, 0.15) is 5.82 Å². The molecule has 1 aliphatic rings. The van der Waals surface area contributed by atoms with Gasteiger partial charge in [0.25, 0.3) is 0 Å². The molecule has 2 rings (SSSR count). The molecule has 0 unspecified atom stereocenters. The summed E-state index contributed by atoms with van der Waals surface area (Å²) < 4.78 is 13.4. The average Bonchev–Trinajstić information content (AvgIpc) is 2.94. The molecule has 1 aliphatic carbocycles. The Morgan fingerprint density at radius 3 is 2.87 bits per heavy atom. The van der Waals surface area contributed by atoms with Crippen LogP contribution in [0.5, 0.6) is 0 Å². The zero-order chi connectivity index (χ0) is 10.8. The summed E-state index contributed by atoms with van der Waals surface area (Å²) >= 11 is 0. The fourth-order valence-corrected chi connectivity index (χ4v) is 1.47. The van der Waals surface area contributed by atoms with Gasteiger partial charge >= 0.3 is 5.97 Å². The summed E-state index contributed by atoms with van der Waals surface area (Å²) in [5.74, 6) is -1.47. The third-order valence-corrected chi connectivity index (χ3v) is 2.38. The lowest BCUT2D eigenvalue weighted by Gasteiger charge is -2.10. The van der Waals surface area contributed by atoms with E-state index in [1.54, 1.807) is 12.1 Å². The van der Waals surface area contributed by atoms with E-state index in [0.717, 1.165) is 12.8 Å². The van der Waals surface area contributed by atoms with Gasteiger partial charge in [-0.05, 0) is 25.0 Å². The van der Waals surface area contributed by atoms with Crippen LogP contribution < -0.4 is 5.32 Å². The molecule has 1 fully saturated rings. The lowest BCUT2D eigenvalue weighted by atomic mass is 10.1. The molecule has 0 amide bonds. The van der Waals surface area contributed by atoms with Crippen molar-refractivity contribution in [1.82, 2.24) is 0 Å². The Kier molecular flexibility index (Phi) is 2.58. The van der Waals surface area contributed by atoms with E-state index in [1.165, 1.54) is 6.07 Å². The molecule has 4 heteroatoms. The SMILES string of the molecule is O=C(O)Cc1c(F)cccc1NC1CC1. The van der Waals surface area contributed by atoms with E-state index >= 15 is 0 Å². The van der Waals surface area contributed by atoms with Crippen molar-refractivity contribution in [3.05, 3.63) is 29.6 Å². The summed E-state index contributed by atoms with van der Waals surface area (Å²) in [4.78, 5) is 10.6. The molecule has 0 radical (unpaired) electrons. The van der Waals surface area contributed by atoms with Crippen LogP contribution in [-0.2, 0) is 11.2 Å². The smallest absolute Gasteiger partial charge is 0.308 e. The Balaban J connectivity index is 2.25. The van der Waals surface area contributed by atoms with Gasteiger partial charge in [0.2, 0.25) is 0 Å². The summed E-state index contributed by atoms with van der Waals surface area (Å²) in [5, 5.41) is 11.8. The molecule has 2 N–H and O–H groups in total. The maximum atomic E-state index is 13.4.